The highest BCUT2D eigenvalue weighted by Crippen LogP contribution is 2.30. The van der Waals surface area contributed by atoms with E-state index in [1.807, 2.05) is 0 Å². The second-order valence-corrected chi connectivity index (χ2v) is 4.82. The first-order chi connectivity index (χ1) is 7.50. The van der Waals surface area contributed by atoms with Crippen LogP contribution >= 0.6 is 0 Å². The lowest BCUT2D eigenvalue weighted by molar-refractivity contribution is -0.142. The molecule has 0 radical (unpaired) electrons. The average Bonchev–Trinajstić information content (AvgIpc) is 2.13. The summed E-state index contributed by atoms with van der Waals surface area (Å²) >= 11 is 0. The molecule has 0 spiro atoms. The Bertz CT molecular complexity index is 261. The summed E-state index contributed by atoms with van der Waals surface area (Å²) in [6.45, 7) is 3.35. The summed E-state index contributed by atoms with van der Waals surface area (Å²) in [7, 11) is 0. The molecule has 0 bridgehead atoms. The van der Waals surface area contributed by atoms with E-state index in [0.717, 1.165) is 12.3 Å². The van der Waals surface area contributed by atoms with Gasteiger partial charge in [0.25, 0.3) is 0 Å². The van der Waals surface area contributed by atoms with Gasteiger partial charge >= 0.3 is 5.97 Å². The predicted octanol–water partition coefficient (Wildman–Crippen LogP) is 1.79. The van der Waals surface area contributed by atoms with Crippen molar-refractivity contribution in [3.05, 3.63) is 0 Å². The highest BCUT2D eigenvalue weighted by molar-refractivity contribution is 5.77. The first-order valence-electron chi connectivity index (χ1n) is 6.03. The van der Waals surface area contributed by atoms with Crippen molar-refractivity contribution in [3.63, 3.8) is 0 Å². The number of aliphatic carboxylic acids is 1. The smallest absolute Gasteiger partial charge is 0.308 e. The Hall–Kier alpha value is -1.06. The van der Waals surface area contributed by atoms with Crippen molar-refractivity contribution >= 4 is 11.9 Å². The molecule has 0 aromatic carbocycles. The fourth-order valence-electron chi connectivity index (χ4n) is 1.78. The Kier molecular flexibility index (Phi) is 4.77. The number of amides is 1. The molecule has 0 aliphatic heterocycles. The summed E-state index contributed by atoms with van der Waals surface area (Å²) < 4.78 is 0. The molecule has 2 N–H and O–H groups in total. The minimum Gasteiger partial charge on any atom is -0.481 e. The van der Waals surface area contributed by atoms with Crippen molar-refractivity contribution in [1.82, 2.24) is 5.32 Å². The van der Waals surface area contributed by atoms with Crippen LogP contribution in [0.4, 0.5) is 0 Å². The largest absolute Gasteiger partial charge is 0.481 e. The van der Waals surface area contributed by atoms with Gasteiger partial charge in [-0.1, -0.05) is 19.3 Å². The van der Waals surface area contributed by atoms with Gasteiger partial charge < -0.3 is 10.4 Å². The van der Waals surface area contributed by atoms with E-state index in [1.165, 1.54) is 19.3 Å². The van der Waals surface area contributed by atoms with Crippen LogP contribution < -0.4 is 5.32 Å². The molecule has 0 saturated heterocycles. The van der Waals surface area contributed by atoms with Gasteiger partial charge in [-0.2, -0.15) is 0 Å². The number of nitrogens with one attached hydrogen (secondary N) is 1. The summed E-state index contributed by atoms with van der Waals surface area (Å²) in [4.78, 5) is 22.2. The Morgan fingerprint density at radius 2 is 2.00 bits per heavy atom. The fraction of sp³-hybridized carbons (Fsp3) is 0.833. The number of carboxylic acid groups (broad SMARTS) is 1. The van der Waals surface area contributed by atoms with Gasteiger partial charge in [0.15, 0.2) is 0 Å². The molecule has 0 heterocycles. The summed E-state index contributed by atoms with van der Waals surface area (Å²) in [6.07, 6.45) is 5.25. The third-order valence-corrected chi connectivity index (χ3v) is 3.53. The molecule has 1 aliphatic rings. The third-order valence-electron chi connectivity index (χ3n) is 3.53. The van der Waals surface area contributed by atoms with E-state index in [4.69, 9.17) is 5.11 Å². The first-order valence-corrected chi connectivity index (χ1v) is 6.03. The number of carbonyl (C=O) groups is 2. The maximum absolute atomic E-state index is 11.5. The monoisotopic (exact) mass is 227 g/mol. The van der Waals surface area contributed by atoms with Crippen molar-refractivity contribution in [2.45, 2.75) is 52.0 Å². The lowest BCUT2D eigenvalue weighted by Gasteiger charge is -2.25. The predicted molar refractivity (Wildman–Crippen MR) is 61.0 cm³/mol. The van der Waals surface area contributed by atoms with Crippen molar-refractivity contribution in [3.8, 4) is 0 Å². The normalized spacial score (nSPS) is 19.6. The second-order valence-electron chi connectivity index (χ2n) is 4.82. The van der Waals surface area contributed by atoms with E-state index in [1.54, 1.807) is 13.8 Å². The van der Waals surface area contributed by atoms with Gasteiger partial charge in [-0.15, -0.1) is 0 Å². The third kappa shape index (κ3) is 3.83. The van der Waals surface area contributed by atoms with E-state index in [9.17, 15) is 9.59 Å². The van der Waals surface area contributed by atoms with Gasteiger partial charge in [-0.3, -0.25) is 9.59 Å². The molecule has 92 valence electrons. The van der Waals surface area contributed by atoms with Crippen LogP contribution in [0.2, 0.25) is 0 Å². The SMILES string of the molecule is CC(NC(=O)CCC1CCC1)C(C)C(=O)O. The molecule has 2 unspecified atom stereocenters. The van der Waals surface area contributed by atoms with E-state index in [0.29, 0.717) is 6.42 Å². The first kappa shape index (κ1) is 13.0. The van der Waals surface area contributed by atoms with Crippen LogP contribution in [0.15, 0.2) is 0 Å². The standard InChI is InChI=1S/C12H21NO3/c1-8(12(15)16)9(2)13-11(14)7-6-10-4-3-5-10/h8-10H,3-7H2,1-2H3,(H,13,14)(H,15,16). The summed E-state index contributed by atoms with van der Waals surface area (Å²) in [5.74, 6) is -0.704. The zero-order chi connectivity index (χ0) is 12.1. The summed E-state index contributed by atoms with van der Waals surface area (Å²) in [5.41, 5.74) is 0. The van der Waals surface area contributed by atoms with E-state index >= 15 is 0 Å². The van der Waals surface area contributed by atoms with Crippen LogP contribution in [0.3, 0.4) is 0 Å². The lowest BCUT2D eigenvalue weighted by atomic mass is 9.82. The van der Waals surface area contributed by atoms with Crippen LogP contribution in [0, 0.1) is 11.8 Å². The number of rotatable bonds is 6. The minimum atomic E-state index is -0.869. The van der Waals surface area contributed by atoms with E-state index < -0.39 is 11.9 Å². The molecular formula is C12H21NO3. The van der Waals surface area contributed by atoms with Crippen molar-refractivity contribution < 1.29 is 14.7 Å². The highest BCUT2D eigenvalue weighted by Gasteiger charge is 2.22. The molecule has 4 nitrogen and oxygen atoms in total. The molecule has 1 amide bonds. The van der Waals surface area contributed by atoms with Gasteiger partial charge in [-0.05, 0) is 26.2 Å². The van der Waals surface area contributed by atoms with E-state index in [2.05, 4.69) is 5.32 Å². The van der Waals surface area contributed by atoms with Crippen molar-refractivity contribution in [1.29, 1.82) is 0 Å². The zero-order valence-corrected chi connectivity index (χ0v) is 10.0. The quantitative estimate of drug-likeness (QED) is 0.727. The van der Waals surface area contributed by atoms with Gasteiger partial charge in [0.2, 0.25) is 5.91 Å². The minimum absolute atomic E-state index is 0.0208. The lowest BCUT2D eigenvalue weighted by Crippen LogP contribution is -2.40. The number of hydrogen-bond donors (Lipinski definition) is 2. The molecule has 1 saturated carbocycles. The summed E-state index contributed by atoms with van der Waals surface area (Å²) in [5, 5.41) is 11.5. The van der Waals surface area contributed by atoms with Crippen LogP contribution in [-0.2, 0) is 9.59 Å². The Labute approximate surface area is 96.4 Å². The second kappa shape index (κ2) is 5.87. The van der Waals surface area contributed by atoms with Crippen molar-refractivity contribution in [2.24, 2.45) is 11.8 Å². The molecule has 16 heavy (non-hydrogen) atoms. The molecule has 1 fully saturated rings. The summed E-state index contributed by atoms with van der Waals surface area (Å²) in [6, 6.07) is -0.300. The number of hydrogen-bond acceptors (Lipinski definition) is 2. The van der Waals surface area contributed by atoms with Gasteiger partial charge in [0.1, 0.15) is 0 Å². The maximum Gasteiger partial charge on any atom is 0.308 e. The molecule has 1 aliphatic carbocycles. The number of carbonyl (C=O) groups excluding carboxylic acids is 1. The molecule has 0 aromatic rings. The Morgan fingerprint density at radius 3 is 2.44 bits per heavy atom. The van der Waals surface area contributed by atoms with Gasteiger partial charge in [0, 0.05) is 12.5 Å². The molecule has 2 atom stereocenters. The van der Waals surface area contributed by atoms with E-state index in [-0.39, 0.29) is 11.9 Å². The number of carboxylic acids is 1. The molecular weight excluding hydrogens is 206 g/mol. The molecule has 0 aromatic heterocycles. The molecule has 1 rings (SSSR count). The topological polar surface area (TPSA) is 66.4 Å². The fourth-order valence-corrected chi connectivity index (χ4v) is 1.78. The van der Waals surface area contributed by atoms with Gasteiger partial charge in [0.05, 0.1) is 5.92 Å². The average molecular weight is 227 g/mol. The molecule has 4 heteroatoms. The zero-order valence-electron chi connectivity index (χ0n) is 10.0. The van der Waals surface area contributed by atoms with Crippen LogP contribution in [-0.4, -0.2) is 23.0 Å². The van der Waals surface area contributed by atoms with Crippen LogP contribution in [0.5, 0.6) is 0 Å². The van der Waals surface area contributed by atoms with Gasteiger partial charge in [-0.25, -0.2) is 0 Å². The highest BCUT2D eigenvalue weighted by atomic mass is 16.4. The maximum atomic E-state index is 11.5. The van der Waals surface area contributed by atoms with Crippen molar-refractivity contribution in [2.75, 3.05) is 0 Å². The Balaban J connectivity index is 2.19. The Morgan fingerprint density at radius 1 is 1.38 bits per heavy atom. The van der Waals surface area contributed by atoms with Crippen LogP contribution in [0.1, 0.15) is 46.0 Å². The van der Waals surface area contributed by atoms with Crippen LogP contribution in [0.25, 0.3) is 0 Å².